The van der Waals surface area contributed by atoms with Crippen LogP contribution in [0.5, 0.6) is 0 Å². The van der Waals surface area contributed by atoms with Gasteiger partial charge in [-0.1, -0.05) is 41.9 Å². The Morgan fingerprint density at radius 3 is 2.61 bits per heavy atom. The van der Waals surface area contributed by atoms with Crippen LogP contribution in [0.4, 0.5) is 0 Å². The SMILES string of the molecule is Cc1ccccc1CSc1cccc(Cl)c1CO. The van der Waals surface area contributed by atoms with Gasteiger partial charge in [0.1, 0.15) is 0 Å². The number of hydrogen-bond acceptors (Lipinski definition) is 2. The van der Waals surface area contributed by atoms with Crippen molar-refractivity contribution in [2.45, 2.75) is 24.2 Å². The molecule has 94 valence electrons. The Hall–Kier alpha value is -0.960. The molecule has 0 fully saturated rings. The van der Waals surface area contributed by atoms with Crippen LogP contribution < -0.4 is 0 Å². The van der Waals surface area contributed by atoms with Crippen LogP contribution in [0.3, 0.4) is 0 Å². The highest BCUT2D eigenvalue weighted by Gasteiger charge is 2.07. The molecule has 3 heteroatoms. The van der Waals surface area contributed by atoms with Crippen molar-refractivity contribution in [3.63, 3.8) is 0 Å². The zero-order valence-corrected chi connectivity index (χ0v) is 11.8. The monoisotopic (exact) mass is 278 g/mol. The fourth-order valence-electron chi connectivity index (χ4n) is 1.76. The van der Waals surface area contributed by atoms with Gasteiger partial charge in [-0.2, -0.15) is 0 Å². The van der Waals surface area contributed by atoms with Crippen LogP contribution in [0.25, 0.3) is 0 Å². The summed E-state index contributed by atoms with van der Waals surface area (Å²) in [6, 6.07) is 14.1. The third-order valence-electron chi connectivity index (χ3n) is 2.88. The highest BCUT2D eigenvalue weighted by atomic mass is 35.5. The molecule has 0 unspecified atom stereocenters. The first-order chi connectivity index (χ1) is 8.72. The molecule has 0 spiro atoms. The number of aliphatic hydroxyl groups is 1. The maximum Gasteiger partial charge on any atom is 0.0707 e. The third kappa shape index (κ3) is 3.08. The minimum absolute atomic E-state index is 0.0181. The first-order valence-electron chi connectivity index (χ1n) is 5.78. The van der Waals surface area contributed by atoms with E-state index in [1.165, 1.54) is 11.1 Å². The summed E-state index contributed by atoms with van der Waals surface area (Å²) in [7, 11) is 0. The molecule has 0 heterocycles. The van der Waals surface area contributed by atoms with Gasteiger partial charge in [0.2, 0.25) is 0 Å². The van der Waals surface area contributed by atoms with E-state index >= 15 is 0 Å². The molecule has 2 aromatic carbocycles. The normalized spacial score (nSPS) is 10.6. The van der Waals surface area contributed by atoms with Crippen molar-refractivity contribution in [3.8, 4) is 0 Å². The Labute approximate surface area is 117 Å². The molecule has 0 atom stereocenters. The van der Waals surface area contributed by atoms with E-state index in [4.69, 9.17) is 11.6 Å². The maximum atomic E-state index is 9.35. The minimum Gasteiger partial charge on any atom is -0.392 e. The van der Waals surface area contributed by atoms with E-state index in [0.717, 1.165) is 16.2 Å². The van der Waals surface area contributed by atoms with Gasteiger partial charge in [0.25, 0.3) is 0 Å². The van der Waals surface area contributed by atoms with E-state index in [1.54, 1.807) is 11.8 Å². The molecular weight excluding hydrogens is 264 g/mol. The summed E-state index contributed by atoms with van der Waals surface area (Å²) in [4.78, 5) is 1.05. The molecular formula is C15H15ClOS. The number of benzene rings is 2. The minimum atomic E-state index is -0.0181. The highest BCUT2D eigenvalue weighted by molar-refractivity contribution is 7.98. The molecule has 0 saturated heterocycles. The molecule has 2 rings (SSSR count). The number of halogens is 1. The lowest BCUT2D eigenvalue weighted by Crippen LogP contribution is -1.91. The molecule has 18 heavy (non-hydrogen) atoms. The smallest absolute Gasteiger partial charge is 0.0707 e. The van der Waals surface area contributed by atoms with Crippen LogP contribution in [0.2, 0.25) is 5.02 Å². The number of thioether (sulfide) groups is 1. The Kier molecular flexibility index (Phi) is 4.70. The molecule has 2 aromatic rings. The standard InChI is InChI=1S/C15H15ClOS/c1-11-5-2-3-6-12(11)10-18-15-8-4-7-14(16)13(15)9-17/h2-8,17H,9-10H2,1H3. The van der Waals surface area contributed by atoms with Crippen LogP contribution >= 0.6 is 23.4 Å². The fraction of sp³-hybridized carbons (Fsp3) is 0.200. The van der Waals surface area contributed by atoms with Gasteiger partial charge in [-0.3, -0.25) is 0 Å². The second-order valence-electron chi connectivity index (χ2n) is 4.09. The second-order valence-corrected chi connectivity index (χ2v) is 5.51. The molecule has 1 nitrogen and oxygen atoms in total. The van der Waals surface area contributed by atoms with E-state index in [2.05, 4.69) is 19.1 Å². The van der Waals surface area contributed by atoms with Crippen LogP contribution in [-0.4, -0.2) is 5.11 Å². The summed E-state index contributed by atoms with van der Waals surface area (Å²) in [5, 5.41) is 9.99. The van der Waals surface area contributed by atoms with Gasteiger partial charge in [0.05, 0.1) is 6.61 Å². The van der Waals surface area contributed by atoms with E-state index < -0.39 is 0 Å². The number of aliphatic hydroxyl groups excluding tert-OH is 1. The summed E-state index contributed by atoms with van der Waals surface area (Å²) >= 11 is 7.78. The fourth-order valence-corrected chi connectivity index (χ4v) is 3.20. The van der Waals surface area contributed by atoms with E-state index in [1.807, 2.05) is 30.3 Å². The van der Waals surface area contributed by atoms with Gasteiger partial charge >= 0.3 is 0 Å². The maximum absolute atomic E-state index is 9.35. The van der Waals surface area contributed by atoms with Crippen molar-refractivity contribution in [3.05, 3.63) is 64.2 Å². The summed E-state index contributed by atoms with van der Waals surface area (Å²) in [6.45, 7) is 2.09. The Bertz CT molecular complexity index is 540. The van der Waals surface area contributed by atoms with Crippen molar-refractivity contribution < 1.29 is 5.11 Å². The summed E-state index contributed by atoms with van der Waals surface area (Å²) in [5.74, 6) is 0.889. The van der Waals surface area contributed by atoms with Gasteiger partial charge in [-0.05, 0) is 30.2 Å². The molecule has 0 amide bonds. The highest BCUT2D eigenvalue weighted by Crippen LogP contribution is 2.31. The lowest BCUT2D eigenvalue weighted by Gasteiger charge is -2.10. The second kappa shape index (κ2) is 6.28. The first-order valence-corrected chi connectivity index (χ1v) is 7.14. The predicted molar refractivity (Wildman–Crippen MR) is 78.1 cm³/mol. The predicted octanol–water partition coefficient (Wildman–Crippen LogP) is 4.43. The van der Waals surface area contributed by atoms with E-state index in [-0.39, 0.29) is 6.61 Å². The summed E-state index contributed by atoms with van der Waals surface area (Å²) < 4.78 is 0. The molecule has 0 radical (unpaired) electrons. The lowest BCUT2D eigenvalue weighted by molar-refractivity contribution is 0.279. The van der Waals surface area contributed by atoms with Crippen molar-refractivity contribution >= 4 is 23.4 Å². The van der Waals surface area contributed by atoms with Crippen LogP contribution in [0.15, 0.2) is 47.4 Å². The zero-order valence-electron chi connectivity index (χ0n) is 10.2. The molecule has 1 N–H and O–H groups in total. The molecule has 0 aliphatic heterocycles. The first kappa shape index (κ1) is 13.5. The molecule has 0 saturated carbocycles. The van der Waals surface area contributed by atoms with Gasteiger partial charge in [-0.15, -0.1) is 11.8 Å². The van der Waals surface area contributed by atoms with Crippen LogP contribution in [0, 0.1) is 6.92 Å². The Balaban J connectivity index is 2.16. The van der Waals surface area contributed by atoms with Gasteiger partial charge in [0.15, 0.2) is 0 Å². The van der Waals surface area contributed by atoms with Gasteiger partial charge in [-0.25, -0.2) is 0 Å². The number of rotatable bonds is 4. The van der Waals surface area contributed by atoms with Crippen LogP contribution in [-0.2, 0) is 12.4 Å². The summed E-state index contributed by atoms with van der Waals surface area (Å²) in [5.41, 5.74) is 3.42. The van der Waals surface area contributed by atoms with Gasteiger partial charge < -0.3 is 5.11 Å². The largest absolute Gasteiger partial charge is 0.392 e. The average molecular weight is 279 g/mol. The van der Waals surface area contributed by atoms with E-state index in [0.29, 0.717) is 5.02 Å². The van der Waals surface area contributed by atoms with Crippen molar-refractivity contribution in [1.82, 2.24) is 0 Å². The van der Waals surface area contributed by atoms with Crippen LogP contribution in [0.1, 0.15) is 16.7 Å². The molecule has 0 bridgehead atoms. The Morgan fingerprint density at radius 1 is 1.11 bits per heavy atom. The summed E-state index contributed by atoms with van der Waals surface area (Å²) in [6.07, 6.45) is 0. The van der Waals surface area contributed by atoms with Crippen molar-refractivity contribution in [2.24, 2.45) is 0 Å². The molecule has 0 aliphatic carbocycles. The molecule has 0 aliphatic rings. The van der Waals surface area contributed by atoms with Gasteiger partial charge in [0, 0.05) is 21.2 Å². The lowest BCUT2D eigenvalue weighted by atomic mass is 10.1. The Morgan fingerprint density at radius 2 is 1.89 bits per heavy atom. The van der Waals surface area contributed by atoms with Crippen molar-refractivity contribution in [2.75, 3.05) is 0 Å². The van der Waals surface area contributed by atoms with Crippen molar-refractivity contribution in [1.29, 1.82) is 0 Å². The number of aryl methyl sites for hydroxylation is 1. The van der Waals surface area contributed by atoms with E-state index in [9.17, 15) is 5.11 Å². The topological polar surface area (TPSA) is 20.2 Å². The number of hydrogen-bond donors (Lipinski definition) is 1. The average Bonchev–Trinajstić information content (AvgIpc) is 2.38. The zero-order chi connectivity index (χ0) is 13.0. The molecule has 0 aromatic heterocycles. The quantitative estimate of drug-likeness (QED) is 0.835. The third-order valence-corrected chi connectivity index (χ3v) is 4.38.